The van der Waals surface area contributed by atoms with E-state index in [-0.39, 0.29) is 0 Å². The van der Waals surface area contributed by atoms with Gasteiger partial charge in [-0.3, -0.25) is 0 Å². The van der Waals surface area contributed by atoms with Crippen LogP contribution in [0.1, 0.15) is 12.8 Å². The molecule has 0 aliphatic carbocycles. The van der Waals surface area contributed by atoms with Crippen molar-refractivity contribution in [1.82, 2.24) is 14.9 Å². The van der Waals surface area contributed by atoms with Crippen molar-refractivity contribution in [3.05, 3.63) is 66.7 Å². The van der Waals surface area contributed by atoms with Crippen LogP contribution in [0.15, 0.2) is 66.7 Å². The number of hydrogen-bond donors (Lipinski definition) is 2. The average molecular weight is 376 g/mol. The summed E-state index contributed by atoms with van der Waals surface area (Å²) in [7, 11) is 2.14. The molecule has 0 spiro atoms. The van der Waals surface area contributed by atoms with Crippen LogP contribution in [0, 0.1) is 0 Å². The van der Waals surface area contributed by atoms with E-state index in [9.17, 15) is 0 Å². The molecule has 0 amide bonds. The minimum atomic E-state index is 0.740. The van der Waals surface area contributed by atoms with Gasteiger partial charge >= 0.3 is 0 Å². The number of hydrogen-bond acceptors (Lipinski definition) is 5. The molecule has 1 aromatic heterocycles. The fourth-order valence-electron chi connectivity index (χ4n) is 3.05. The second kappa shape index (κ2) is 10.5. The molecule has 3 aromatic rings. The standard InChI is InChI=1S/C23H29N5/c1-28(16-8-14-24)17-9-15-25-22-18-21(19-10-4-2-5-11-19)26-23(27-22)20-12-6-3-7-13-20/h2-7,10-13,18H,8-9,14-17,24H2,1H3,(H,25,26,27). The fourth-order valence-corrected chi connectivity index (χ4v) is 3.05. The molecule has 0 aliphatic rings. The van der Waals surface area contributed by atoms with Gasteiger partial charge in [0.2, 0.25) is 0 Å². The predicted octanol–water partition coefficient (Wildman–Crippen LogP) is 3.89. The van der Waals surface area contributed by atoms with Crippen molar-refractivity contribution < 1.29 is 0 Å². The second-order valence-electron chi connectivity index (χ2n) is 6.92. The molecule has 3 rings (SSSR count). The van der Waals surface area contributed by atoms with E-state index in [1.807, 2.05) is 54.6 Å². The van der Waals surface area contributed by atoms with E-state index in [0.717, 1.165) is 67.5 Å². The molecule has 5 nitrogen and oxygen atoms in total. The number of nitrogens with one attached hydrogen (secondary N) is 1. The summed E-state index contributed by atoms with van der Waals surface area (Å²) in [5, 5.41) is 3.47. The van der Waals surface area contributed by atoms with Crippen LogP contribution in [0.25, 0.3) is 22.6 Å². The lowest BCUT2D eigenvalue weighted by atomic mass is 10.1. The molecule has 0 saturated carbocycles. The number of rotatable bonds is 10. The van der Waals surface area contributed by atoms with E-state index in [0.29, 0.717) is 0 Å². The molecule has 0 atom stereocenters. The van der Waals surface area contributed by atoms with Crippen LogP contribution in [0.5, 0.6) is 0 Å². The molecule has 1 heterocycles. The number of anilines is 1. The monoisotopic (exact) mass is 375 g/mol. The maximum absolute atomic E-state index is 5.58. The zero-order valence-electron chi connectivity index (χ0n) is 16.5. The van der Waals surface area contributed by atoms with Gasteiger partial charge in [0.05, 0.1) is 5.69 Å². The van der Waals surface area contributed by atoms with E-state index in [1.165, 1.54) is 0 Å². The first-order valence-corrected chi connectivity index (χ1v) is 9.88. The van der Waals surface area contributed by atoms with E-state index < -0.39 is 0 Å². The van der Waals surface area contributed by atoms with Crippen LogP contribution in [0.4, 0.5) is 5.82 Å². The quantitative estimate of drug-likeness (QED) is 0.526. The Labute approximate surface area is 167 Å². The van der Waals surface area contributed by atoms with E-state index in [1.54, 1.807) is 0 Å². The zero-order valence-corrected chi connectivity index (χ0v) is 16.5. The maximum atomic E-state index is 5.58. The topological polar surface area (TPSA) is 67.1 Å². The summed E-state index contributed by atoms with van der Waals surface area (Å²) in [5.74, 6) is 1.60. The molecule has 0 fully saturated rings. The number of nitrogens with zero attached hydrogens (tertiary/aromatic N) is 3. The van der Waals surface area contributed by atoms with Crippen LogP contribution < -0.4 is 11.1 Å². The molecule has 0 bridgehead atoms. The molecule has 146 valence electrons. The third-order valence-corrected chi connectivity index (χ3v) is 4.59. The maximum Gasteiger partial charge on any atom is 0.162 e. The number of aromatic nitrogens is 2. The Kier molecular flexibility index (Phi) is 7.53. The lowest BCUT2D eigenvalue weighted by Crippen LogP contribution is -2.24. The van der Waals surface area contributed by atoms with Gasteiger partial charge in [-0.15, -0.1) is 0 Å². The van der Waals surface area contributed by atoms with Crippen molar-refractivity contribution in [2.45, 2.75) is 12.8 Å². The minimum absolute atomic E-state index is 0.740. The predicted molar refractivity (Wildman–Crippen MR) is 117 cm³/mol. The van der Waals surface area contributed by atoms with Crippen molar-refractivity contribution >= 4 is 5.82 Å². The van der Waals surface area contributed by atoms with Gasteiger partial charge in [-0.1, -0.05) is 60.7 Å². The van der Waals surface area contributed by atoms with Crippen molar-refractivity contribution in [1.29, 1.82) is 0 Å². The fraction of sp³-hybridized carbons (Fsp3) is 0.304. The minimum Gasteiger partial charge on any atom is -0.370 e. The van der Waals surface area contributed by atoms with E-state index in [2.05, 4.69) is 29.4 Å². The van der Waals surface area contributed by atoms with Gasteiger partial charge in [-0.2, -0.15) is 0 Å². The van der Waals surface area contributed by atoms with Crippen LogP contribution >= 0.6 is 0 Å². The van der Waals surface area contributed by atoms with Gasteiger partial charge in [0.15, 0.2) is 5.82 Å². The Bertz CT molecular complexity index is 778. The molecule has 2 aromatic carbocycles. The largest absolute Gasteiger partial charge is 0.370 e. The molecule has 5 heteroatoms. The number of benzene rings is 2. The van der Waals surface area contributed by atoms with Gasteiger partial charge in [-0.05, 0) is 39.5 Å². The Morgan fingerprint density at radius 1 is 0.857 bits per heavy atom. The molecule has 0 radical (unpaired) electrons. The molecule has 0 aliphatic heterocycles. The van der Waals surface area contributed by atoms with Gasteiger partial charge in [0.25, 0.3) is 0 Å². The first-order chi connectivity index (χ1) is 13.8. The third kappa shape index (κ3) is 5.87. The highest BCUT2D eigenvalue weighted by molar-refractivity contribution is 5.67. The lowest BCUT2D eigenvalue weighted by molar-refractivity contribution is 0.330. The highest BCUT2D eigenvalue weighted by atomic mass is 15.1. The first-order valence-electron chi connectivity index (χ1n) is 9.88. The highest BCUT2D eigenvalue weighted by Gasteiger charge is 2.08. The summed E-state index contributed by atoms with van der Waals surface area (Å²) in [6.45, 7) is 3.69. The molecule has 0 saturated heterocycles. The van der Waals surface area contributed by atoms with E-state index >= 15 is 0 Å². The van der Waals surface area contributed by atoms with Crippen molar-refractivity contribution in [2.75, 3.05) is 38.5 Å². The Morgan fingerprint density at radius 2 is 1.50 bits per heavy atom. The Hall–Kier alpha value is -2.76. The van der Waals surface area contributed by atoms with Gasteiger partial charge in [-0.25, -0.2) is 9.97 Å². The SMILES string of the molecule is CN(CCCN)CCCNc1cc(-c2ccccc2)nc(-c2ccccc2)n1. The molecular weight excluding hydrogens is 346 g/mol. The van der Waals surface area contributed by atoms with Crippen LogP contribution in [-0.2, 0) is 0 Å². The highest BCUT2D eigenvalue weighted by Crippen LogP contribution is 2.24. The average Bonchev–Trinajstić information content (AvgIpc) is 2.76. The van der Waals surface area contributed by atoms with Crippen LogP contribution in [-0.4, -0.2) is 48.1 Å². The van der Waals surface area contributed by atoms with E-state index in [4.69, 9.17) is 15.7 Å². The van der Waals surface area contributed by atoms with Gasteiger partial charge in [0.1, 0.15) is 5.82 Å². The third-order valence-electron chi connectivity index (χ3n) is 4.59. The summed E-state index contributed by atoms with van der Waals surface area (Å²) < 4.78 is 0. The molecule has 28 heavy (non-hydrogen) atoms. The van der Waals surface area contributed by atoms with Crippen molar-refractivity contribution in [2.24, 2.45) is 5.73 Å². The summed E-state index contributed by atoms with van der Waals surface area (Å²) in [5.41, 5.74) is 8.61. The summed E-state index contributed by atoms with van der Waals surface area (Å²) in [4.78, 5) is 11.9. The van der Waals surface area contributed by atoms with Gasteiger partial charge in [0, 0.05) is 23.7 Å². The zero-order chi connectivity index (χ0) is 19.6. The summed E-state index contributed by atoms with van der Waals surface area (Å²) >= 11 is 0. The van der Waals surface area contributed by atoms with Gasteiger partial charge < -0.3 is 16.0 Å². The molecular formula is C23H29N5. The molecule has 0 unspecified atom stereocenters. The van der Waals surface area contributed by atoms with Crippen LogP contribution in [0.2, 0.25) is 0 Å². The molecule has 3 N–H and O–H groups in total. The lowest BCUT2D eigenvalue weighted by Gasteiger charge is -2.16. The summed E-state index contributed by atoms with van der Waals surface area (Å²) in [6, 6.07) is 22.4. The van der Waals surface area contributed by atoms with Crippen LogP contribution in [0.3, 0.4) is 0 Å². The Balaban J connectivity index is 1.73. The Morgan fingerprint density at radius 3 is 2.18 bits per heavy atom. The normalized spacial score (nSPS) is 11.0. The van der Waals surface area contributed by atoms with Crippen molar-refractivity contribution in [3.8, 4) is 22.6 Å². The smallest absolute Gasteiger partial charge is 0.162 e. The summed E-state index contributed by atoms with van der Waals surface area (Å²) in [6.07, 6.45) is 2.09. The first kappa shape index (κ1) is 20.0. The van der Waals surface area contributed by atoms with Crippen molar-refractivity contribution in [3.63, 3.8) is 0 Å². The number of nitrogens with two attached hydrogens (primary N) is 1. The second-order valence-corrected chi connectivity index (χ2v) is 6.92.